The van der Waals surface area contributed by atoms with Crippen LogP contribution < -0.4 is 0 Å². The van der Waals surface area contributed by atoms with Crippen LogP contribution in [0.3, 0.4) is 0 Å². The van der Waals surface area contributed by atoms with Crippen LogP contribution in [0.15, 0.2) is 42.5 Å². The first-order chi connectivity index (χ1) is 11.5. The van der Waals surface area contributed by atoms with Crippen LogP contribution in [0.25, 0.3) is 0 Å². The van der Waals surface area contributed by atoms with E-state index in [4.69, 9.17) is 4.74 Å². The van der Waals surface area contributed by atoms with E-state index in [0.717, 1.165) is 6.07 Å². The van der Waals surface area contributed by atoms with E-state index in [0.29, 0.717) is 19.6 Å². The number of ketones is 1. The number of rotatable bonds is 5. The zero-order valence-electron chi connectivity index (χ0n) is 13.6. The van der Waals surface area contributed by atoms with Crippen LogP contribution in [-0.4, -0.2) is 19.0 Å². The van der Waals surface area contributed by atoms with E-state index in [1.54, 1.807) is 0 Å². The topological polar surface area (TPSA) is 26.3 Å². The normalized spacial score (nSPS) is 20.3. The number of hydrogen-bond acceptors (Lipinski definition) is 2. The van der Waals surface area contributed by atoms with Gasteiger partial charge < -0.3 is 4.74 Å². The average molecular weight is 330 g/mol. The fraction of sp³-hybridized carbons (Fsp3) is 0.350. The van der Waals surface area contributed by atoms with Gasteiger partial charge in [-0.3, -0.25) is 4.79 Å². The Balaban J connectivity index is 1.65. The second-order valence-corrected chi connectivity index (χ2v) is 6.47. The van der Waals surface area contributed by atoms with Crippen molar-refractivity contribution in [3.8, 4) is 0 Å². The highest BCUT2D eigenvalue weighted by Crippen LogP contribution is 2.33. The van der Waals surface area contributed by atoms with Gasteiger partial charge in [0.2, 0.25) is 0 Å². The summed E-state index contributed by atoms with van der Waals surface area (Å²) in [4.78, 5) is 12.3. The minimum Gasteiger partial charge on any atom is -0.380 e. The van der Waals surface area contributed by atoms with Gasteiger partial charge in [0.05, 0.1) is 13.2 Å². The third-order valence-electron chi connectivity index (χ3n) is 4.60. The number of ether oxygens (including phenoxy) is 1. The maximum atomic E-state index is 13.7. The minimum atomic E-state index is -0.666. The summed E-state index contributed by atoms with van der Waals surface area (Å²) in [6, 6.07) is 11.6. The molecule has 2 aromatic rings. The van der Waals surface area contributed by atoms with Crippen molar-refractivity contribution in [3.63, 3.8) is 0 Å². The number of halogens is 2. The summed E-state index contributed by atoms with van der Waals surface area (Å²) in [7, 11) is 0. The fourth-order valence-electron chi connectivity index (χ4n) is 3.22. The van der Waals surface area contributed by atoms with Crippen molar-refractivity contribution >= 4 is 5.78 Å². The largest absolute Gasteiger partial charge is 0.380 e. The number of carbonyl (C=O) groups excluding carboxylic acids is 1. The molecule has 2 atom stereocenters. The molecule has 2 nitrogen and oxygen atoms in total. The Bertz CT molecular complexity index is 725. The summed E-state index contributed by atoms with van der Waals surface area (Å²) >= 11 is 0. The lowest BCUT2D eigenvalue weighted by molar-refractivity contribution is -0.119. The molecule has 1 aliphatic heterocycles. The van der Waals surface area contributed by atoms with Gasteiger partial charge in [0.15, 0.2) is 0 Å². The molecule has 126 valence electrons. The molecule has 1 aliphatic rings. The summed E-state index contributed by atoms with van der Waals surface area (Å²) in [6.45, 7) is 3.18. The van der Waals surface area contributed by atoms with Crippen molar-refractivity contribution in [2.75, 3.05) is 13.2 Å². The number of Topliss-reactive ketones (excluding diaryl/α,β-unsaturated/α-hetero) is 1. The first-order valence-electron chi connectivity index (χ1n) is 8.13. The Labute approximate surface area is 140 Å². The summed E-state index contributed by atoms with van der Waals surface area (Å²) < 4.78 is 32.2. The molecule has 0 radical (unpaired) electrons. The van der Waals surface area contributed by atoms with Gasteiger partial charge in [-0.05, 0) is 30.0 Å². The van der Waals surface area contributed by atoms with Gasteiger partial charge in [-0.15, -0.1) is 0 Å². The van der Waals surface area contributed by atoms with E-state index in [2.05, 4.69) is 24.3 Å². The van der Waals surface area contributed by atoms with Crippen molar-refractivity contribution in [1.29, 1.82) is 0 Å². The molecule has 1 unspecified atom stereocenters. The van der Waals surface area contributed by atoms with Crippen LogP contribution in [0.5, 0.6) is 0 Å². The van der Waals surface area contributed by atoms with Crippen molar-refractivity contribution in [2.45, 2.75) is 25.7 Å². The Morgan fingerprint density at radius 1 is 1.12 bits per heavy atom. The average Bonchev–Trinajstić information content (AvgIpc) is 2.99. The molecule has 0 spiro atoms. The van der Waals surface area contributed by atoms with E-state index in [9.17, 15) is 13.6 Å². The van der Waals surface area contributed by atoms with Crippen LogP contribution in [0.4, 0.5) is 8.78 Å². The lowest BCUT2D eigenvalue weighted by Crippen LogP contribution is -2.17. The molecule has 0 saturated carbocycles. The molecule has 0 bridgehead atoms. The zero-order chi connectivity index (χ0) is 17.1. The Kier molecular flexibility index (Phi) is 5.05. The molecule has 3 rings (SSSR count). The smallest absolute Gasteiger partial charge is 0.137 e. The third kappa shape index (κ3) is 3.88. The molecular formula is C20H20F2O2. The predicted octanol–water partition coefficient (Wildman–Crippen LogP) is 4.21. The molecule has 0 aromatic heterocycles. The highest BCUT2D eigenvalue weighted by Gasteiger charge is 2.31. The molecule has 4 heteroatoms. The van der Waals surface area contributed by atoms with E-state index >= 15 is 0 Å². The SMILES string of the molecule is Cc1ccc(C2COC[C@@H]2CC(=O)Cc2ccc(F)cc2F)cc1. The number of benzene rings is 2. The highest BCUT2D eigenvalue weighted by atomic mass is 19.1. The van der Waals surface area contributed by atoms with Gasteiger partial charge in [0, 0.05) is 24.8 Å². The maximum absolute atomic E-state index is 13.7. The van der Waals surface area contributed by atoms with Gasteiger partial charge in [-0.2, -0.15) is 0 Å². The number of aryl methyl sites for hydroxylation is 1. The monoisotopic (exact) mass is 330 g/mol. The van der Waals surface area contributed by atoms with Crippen LogP contribution in [0.2, 0.25) is 0 Å². The Hall–Kier alpha value is -2.07. The lowest BCUT2D eigenvalue weighted by Gasteiger charge is -2.17. The van der Waals surface area contributed by atoms with Gasteiger partial charge in [0.1, 0.15) is 17.4 Å². The van der Waals surface area contributed by atoms with Crippen LogP contribution in [-0.2, 0) is 16.0 Å². The quantitative estimate of drug-likeness (QED) is 0.821. The molecule has 1 saturated heterocycles. The van der Waals surface area contributed by atoms with Crippen molar-refractivity contribution < 1.29 is 18.3 Å². The van der Waals surface area contributed by atoms with Crippen LogP contribution in [0.1, 0.15) is 29.0 Å². The maximum Gasteiger partial charge on any atom is 0.137 e. The molecule has 1 fully saturated rings. The third-order valence-corrected chi connectivity index (χ3v) is 4.60. The minimum absolute atomic E-state index is 0.0107. The van der Waals surface area contributed by atoms with Crippen LogP contribution >= 0.6 is 0 Å². The molecule has 1 heterocycles. The first-order valence-corrected chi connectivity index (χ1v) is 8.13. The number of carbonyl (C=O) groups is 1. The zero-order valence-corrected chi connectivity index (χ0v) is 13.6. The summed E-state index contributed by atoms with van der Waals surface area (Å²) in [5.41, 5.74) is 2.60. The van der Waals surface area contributed by atoms with Gasteiger partial charge >= 0.3 is 0 Å². The van der Waals surface area contributed by atoms with Crippen LogP contribution in [0, 0.1) is 24.5 Å². The standard InChI is InChI=1S/C20H20F2O2/c1-13-2-4-14(5-3-13)19-12-24-11-16(19)9-18(23)8-15-6-7-17(21)10-20(15)22/h2-7,10,16,19H,8-9,11-12H2,1H3/t16-,19?/m0/s1. The first kappa shape index (κ1) is 16.8. The second-order valence-electron chi connectivity index (χ2n) is 6.47. The molecule has 0 amide bonds. The lowest BCUT2D eigenvalue weighted by atomic mass is 9.84. The molecule has 2 aromatic carbocycles. The molecule has 24 heavy (non-hydrogen) atoms. The Morgan fingerprint density at radius 2 is 1.88 bits per heavy atom. The van der Waals surface area contributed by atoms with Gasteiger partial charge in [0.25, 0.3) is 0 Å². The molecule has 0 aliphatic carbocycles. The predicted molar refractivity (Wildman–Crippen MR) is 87.9 cm³/mol. The fourth-order valence-corrected chi connectivity index (χ4v) is 3.22. The van der Waals surface area contributed by atoms with E-state index in [1.165, 1.54) is 23.3 Å². The van der Waals surface area contributed by atoms with E-state index in [1.807, 2.05) is 6.92 Å². The van der Waals surface area contributed by atoms with Crippen molar-refractivity contribution in [3.05, 3.63) is 70.8 Å². The summed E-state index contributed by atoms with van der Waals surface area (Å²) in [5, 5.41) is 0. The van der Waals surface area contributed by atoms with E-state index < -0.39 is 11.6 Å². The number of hydrogen-bond donors (Lipinski definition) is 0. The molecule has 0 N–H and O–H groups in total. The summed E-state index contributed by atoms with van der Waals surface area (Å²) in [6.07, 6.45) is 0.332. The second kappa shape index (κ2) is 7.22. The van der Waals surface area contributed by atoms with Crippen molar-refractivity contribution in [1.82, 2.24) is 0 Å². The highest BCUT2D eigenvalue weighted by molar-refractivity contribution is 5.81. The van der Waals surface area contributed by atoms with Gasteiger partial charge in [-0.25, -0.2) is 8.78 Å². The summed E-state index contributed by atoms with van der Waals surface area (Å²) in [5.74, 6) is -1.06. The Morgan fingerprint density at radius 3 is 2.58 bits per heavy atom. The molecular weight excluding hydrogens is 310 g/mol. The van der Waals surface area contributed by atoms with Crippen molar-refractivity contribution in [2.24, 2.45) is 5.92 Å². The van der Waals surface area contributed by atoms with E-state index in [-0.39, 0.29) is 29.6 Å². The van der Waals surface area contributed by atoms with Gasteiger partial charge in [-0.1, -0.05) is 35.9 Å².